The van der Waals surface area contributed by atoms with E-state index < -0.39 is 0 Å². The molecule has 0 spiro atoms. The normalized spacial score (nSPS) is 17.4. The second kappa shape index (κ2) is 2.86. The SMILES string of the molecule is NC1CN(c2ncnc3scnc23)C1. The molecule has 0 aliphatic carbocycles. The van der Waals surface area contributed by atoms with Crippen LogP contribution in [0.3, 0.4) is 0 Å². The first-order valence-electron chi connectivity index (χ1n) is 4.39. The highest BCUT2D eigenvalue weighted by atomic mass is 32.1. The topological polar surface area (TPSA) is 67.9 Å². The molecule has 0 saturated carbocycles. The van der Waals surface area contributed by atoms with Gasteiger partial charge in [0.15, 0.2) is 5.82 Å². The predicted octanol–water partition coefficient (Wildman–Crippen LogP) is 0.234. The Bertz CT molecular complexity index is 461. The van der Waals surface area contributed by atoms with E-state index in [1.807, 2.05) is 0 Å². The molecule has 0 aromatic carbocycles. The van der Waals surface area contributed by atoms with Gasteiger partial charge in [-0.25, -0.2) is 15.0 Å². The molecular weight excluding hydrogens is 198 g/mol. The van der Waals surface area contributed by atoms with Gasteiger partial charge in [0.1, 0.15) is 16.7 Å². The molecule has 0 radical (unpaired) electrons. The first-order valence-corrected chi connectivity index (χ1v) is 5.27. The van der Waals surface area contributed by atoms with Crippen LogP contribution in [-0.4, -0.2) is 34.1 Å². The molecule has 14 heavy (non-hydrogen) atoms. The second-order valence-corrected chi connectivity index (χ2v) is 4.20. The van der Waals surface area contributed by atoms with Gasteiger partial charge in [0, 0.05) is 19.1 Å². The van der Waals surface area contributed by atoms with Crippen molar-refractivity contribution < 1.29 is 0 Å². The van der Waals surface area contributed by atoms with E-state index in [0.29, 0.717) is 0 Å². The van der Waals surface area contributed by atoms with Crippen molar-refractivity contribution in [3.8, 4) is 0 Å². The first kappa shape index (κ1) is 8.07. The van der Waals surface area contributed by atoms with Gasteiger partial charge in [0.05, 0.1) is 5.51 Å². The molecule has 6 heteroatoms. The van der Waals surface area contributed by atoms with E-state index in [2.05, 4.69) is 19.9 Å². The van der Waals surface area contributed by atoms with Crippen molar-refractivity contribution >= 4 is 27.5 Å². The zero-order chi connectivity index (χ0) is 9.54. The van der Waals surface area contributed by atoms with Crippen LogP contribution < -0.4 is 10.6 Å². The van der Waals surface area contributed by atoms with E-state index in [-0.39, 0.29) is 6.04 Å². The number of thiazole rings is 1. The van der Waals surface area contributed by atoms with Crippen molar-refractivity contribution in [1.29, 1.82) is 0 Å². The molecule has 2 aromatic heterocycles. The van der Waals surface area contributed by atoms with Crippen LogP contribution in [0.4, 0.5) is 5.82 Å². The van der Waals surface area contributed by atoms with Gasteiger partial charge < -0.3 is 10.6 Å². The largest absolute Gasteiger partial charge is 0.351 e. The summed E-state index contributed by atoms with van der Waals surface area (Å²) < 4.78 is 0. The number of rotatable bonds is 1. The maximum atomic E-state index is 5.72. The third kappa shape index (κ3) is 1.08. The lowest BCUT2D eigenvalue weighted by Gasteiger charge is -2.37. The fourth-order valence-corrected chi connectivity index (χ4v) is 2.22. The molecule has 5 nitrogen and oxygen atoms in total. The van der Waals surface area contributed by atoms with Gasteiger partial charge in [-0.05, 0) is 0 Å². The van der Waals surface area contributed by atoms with E-state index in [4.69, 9.17) is 5.73 Å². The molecule has 2 aromatic rings. The number of fused-ring (bicyclic) bond motifs is 1. The third-order valence-corrected chi connectivity index (χ3v) is 3.06. The van der Waals surface area contributed by atoms with Gasteiger partial charge in [-0.2, -0.15) is 0 Å². The zero-order valence-corrected chi connectivity index (χ0v) is 8.24. The lowest BCUT2D eigenvalue weighted by Crippen LogP contribution is -2.56. The van der Waals surface area contributed by atoms with Crippen LogP contribution in [0.25, 0.3) is 10.3 Å². The molecule has 72 valence electrons. The highest BCUT2D eigenvalue weighted by molar-refractivity contribution is 7.16. The van der Waals surface area contributed by atoms with Crippen LogP contribution in [0.15, 0.2) is 11.8 Å². The minimum absolute atomic E-state index is 0.277. The van der Waals surface area contributed by atoms with Crippen LogP contribution >= 0.6 is 11.3 Å². The molecule has 0 atom stereocenters. The molecule has 3 heterocycles. The lowest BCUT2D eigenvalue weighted by atomic mass is 10.1. The van der Waals surface area contributed by atoms with Crippen molar-refractivity contribution in [3.63, 3.8) is 0 Å². The minimum atomic E-state index is 0.277. The van der Waals surface area contributed by atoms with Gasteiger partial charge in [-0.1, -0.05) is 0 Å². The fourth-order valence-electron chi connectivity index (χ4n) is 1.60. The summed E-state index contributed by atoms with van der Waals surface area (Å²) in [5.41, 5.74) is 8.41. The summed E-state index contributed by atoms with van der Waals surface area (Å²) in [7, 11) is 0. The number of hydrogen-bond donors (Lipinski definition) is 1. The van der Waals surface area contributed by atoms with E-state index >= 15 is 0 Å². The molecule has 3 rings (SSSR count). The summed E-state index contributed by atoms with van der Waals surface area (Å²) in [5.74, 6) is 0.915. The Morgan fingerprint density at radius 1 is 1.36 bits per heavy atom. The summed E-state index contributed by atoms with van der Waals surface area (Å²) >= 11 is 1.53. The van der Waals surface area contributed by atoms with Gasteiger partial charge >= 0.3 is 0 Å². The molecule has 1 aliphatic rings. The van der Waals surface area contributed by atoms with Crippen LogP contribution in [0.2, 0.25) is 0 Å². The highest BCUT2D eigenvalue weighted by Crippen LogP contribution is 2.26. The Hall–Kier alpha value is -1.27. The van der Waals surface area contributed by atoms with Gasteiger partial charge in [0.25, 0.3) is 0 Å². The second-order valence-electron chi connectivity index (χ2n) is 3.37. The van der Waals surface area contributed by atoms with Crippen molar-refractivity contribution in [2.45, 2.75) is 6.04 Å². The maximum absolute atomic E-state index is 5.72. The Morgan fingerprint density at radius 3 is 3.00 bits per heavy atom. The van der Waals surface area contributed by atoms with Crippen LogP contribution in [0, 0.1) is 0 Å². The summed E-state index contributed by atoms with van der Waals surface area (Å²) in [4.78, 5) is 15.7. The van der Waals surface area contributed by atoms with Gasteiger partial charge in [-0.15, -0.1) is 11.3 Å². The molecule has 1 saturated heterocycles. The highest BCUT2D eigenvalue weighted by Gasteiger charge is 2.26. The number of anilines is 1. The minimum Gasteiger partial charge on any atom is -0.351 e. The summed E-state index contributed by atoms with van der Waals surface area (Å²) in [6.07, 6.45) is 1.58. The van der Waals surface area contributed by atoms with Crippen LogP contribution in [0.5, 0.6) is 0 Å². The molecule has 1 aliphatic heterocycles. The molecular formula is C8H9N5S. The van der Waals surface area contributed by atoms with E-state index in [0.717, 1.165) is 29.3 Å². The van der Waals surface area contributed by atoms with Crippen LogP contribution in [0.1, 0.15) is 0 Å². The number of nitrogens with two attached hydrogens (primary N) is 1. The Kier molecular flexibility index (Phi) is 1.65. The summed E-state index contributed by atoms with van der Waals surface area (Å²) in [5, 5.41) is 0. The molecule has 2 N–H and O–H groups in total. The fraction of sp³-hybridized carbons (Fsp3) is 0.375. The average molecular weight is 207 g/mol. The number of hydrogen-bond acceptors (Lipinski definition) is 6. The van der Waals surface area contributed by atoms with Gasteiger partial charge in [-0.3, -0.25) is 0 Å². The monoisotopic (exact) mass is 207 g/mol. The zero-order valence-electron chi connectivity index (χ0n) is 7.42. The Balaban J connectivity index is 2.07. The third-order valence-electron chi connectivity index (χ3n) is 2.32. The van der Waals surface area contributed by atoms with Gasteiger partial charge in [0.2, 0.25) is 0 Å². The summed E-state index contributed by atoms with van der Waals surface area (Å²) in [6, 6.07) is 0.277. The average Bonchev–Trinajstić information content (AvgIpc) is 2.60. The van der Waals surface area contributed by atoms with Crippen LogP contribution in [-0.2, 0) is 0 Å². The quantitative estimate of drug-likeness (QED) is 0.725. The number of aromatic nitrogens is 3. The predicted molar refractivity (Wildman–Crippen MR) is 55.4 cm³/mol. The Morgan fingerprint density at radius 2 is 2.21 bits per heavy atom. The van der Waals surface area contributed by atoms with Crippen molar-refractivity contribution in [3.05, 3.63) is 11.8 Å². The lowest BCUT2D eigenvalue weighted by molar-refractivity contribution is 0.515. The van der Waals surface area contributed by atoms with Crippen molar-refractivity contribution in [2.24, 2.45) is 5.73 Å². The number of nitrogens with zero attached hydrogens (tertiary/aromatic N) is 4. The van der Waals surface area contributed by atoms with E-state index in [1.54, 1.807) is 11.8 Å². The summed E-state index contributed by atoms with van der Waals surface area (Å²) in [6.45, 7) is 1.73. The maximum Gasteiger partial charge on any atom is 0.159 e. The van der Waals surface area contributed by atoms with E-state index in [9.17, 15) is 0 Å². The molecule has 1 fully saturated rings. The standard InChI is InChI=1S/C8H9N5S/c9-5-1-13(2-5)7-6-8(11-3-10-7)14-4-12-6/h3-5H,1-2,9H2. The molecule has 0 bridgehead atoms. The molecule has 0 amide bonds. The van der Waals surface area contributed by atoms with Crippen molar-refractivity contribution in [1.82, 2.24) is 15.0 Å². The first-order chi connectivity index (χ1) is 6.84. The molecule has 0 unspecified atom stereocenters. The smallest absolute Gasteiger partial charge is 0.159 e. The Labute approximate surface area is 84.6 Å². The van der Waals surface area contributed by atoms with Crippen molar-refractivity contribution in [2.75, 3.05) is 18.0 Å². The van der Waals surface area contributed by atoms with E-state index in [1.165, 1.54) is 11.3 Å².